The second-order valence-electron chi connectivity index (χ2n) is 8.53. The van der Waals surface area contributed by atoms with Crippen LogP contribution in [0.25, 0.3) is 0 Å². The molecule has 0 amide bonds. The zero-order valence-corrected chi connectivity index (χ0v) is 15.0. The summed E-state index contributed by atoms with van der Waals surface area (Å²) in [7, 11) is 0. The highest BCUT2D eigenvalue weighted by atomic mass is 16.3. The predicted molar refractivity (Wildman–Crippen MR) is 94.1 cm³/mol. The van der Waals surface area contributed by atoms with Gasteiger partial charge in [-0.2, -0.15) is 0 Å². The van der Waals surface area contributed by atoms with Crippen LogP contribution in [0.5, 0.6) is 0 Å². The van der Waals surface area contributed by atoms with Crippen molar-refractivity contribution < 1.29 is 5.11 Å². The monoisotopic (exact) mass is 303 g/mol. The summed E-state index contributed by atoms with van der Waals surface area (Å²) < 4.78 is 0. The SMILES string of the molecule is CC1CCN(Cc2ccc(C(C)(C)CC(C)(C)O)cc2)CC1. The van der Waals surface area contributed by atoms with E-state index in [9.17, 15) is 5.11 Å². The van der Waals surface area contributed by atoms with Crippen molar-refractivity contribution in [2.45, 2.75) is 71.4 Å². The number of benzene rings is 1. The molecule has 1 fully saturated rings. The molecule has 1 heterocycles. The molecule has 0 unspecified atom stereocenters. The zero-order chi connectivity index (χ0) is 16.4. The lowest BCUT2D eigenvalue weighted by Gasteiger charge is -2.32. The van der Waals surface area contributed by atoms with Crippen LogP contribution < -0.4 is 0 Å². The molecule has 2 nitrogen and oxygen atoms in total. The minimum atomic E-state index is -0.632. The first-order valence-corrected chi connectivity index (χ1v) is 8.70. The number of aliphatic hydroxyl groups is 1. The molecule has 0 bridgehead atoms. The van der Waals surface area contributed by atoms with Crippen LogP contribution in [0.3, 0.4) is 0 Å². The summed E-state index contributed by atoms with van der Waals surface area (Å²) in [5.74, 6) is 0.890. The van der Waals surface area contributed by atoms with Gasteiger partial charge >= 0.3 is 0 Å². The third-order valence-electron chi connectivity index (χ3n) is 4.89. The molecule has 1 aromatic carbocycles. The summed E-state index contributed by atoms with van der Waals surface area (Å²) in [6, 6.07) is 9.01. The molecule has 1 N–H and O–H groups in total. The Kier molecular flexibility index (Phi) is 5.34. The highest BCUT2D eigenvalue weighted by Gasteiger charge is 2.28. The van der Waals surface area contributed by atoms with Crippen LogP contribution in [0, 0.1) is 5.92 Å². The summed E-state index contributed by atoms with van der Waals surface area (Å²) in [5, 5.41) is 10.1. The van der Waals surface area contributed by atoms with E-state index in [4.69, 9.17) is 0 Å². The first-order chi connectivity index (χ1) is 10.2. The van der Waals surface area contributed by atoms with Crippen molar-refractivity contribution in [3.8, 4) is 0 Å². The fraction of sp³-hybridized carbons (Fsp3) is 0.700. The molecule has 0 aliphatic carbocycles. The number of rotatable bonds is 5. The third kappa shape index (κ3) is 5.10. The molecule has 22 heavy (non-hydrogen) atoms. The molecule has 1 aliphatic heterocycles. The first-order valence-electron chi connectivity index (χ1n) is 8.70. The Morgan fingerprint density at radius 3 is 2.09 bits per heavy atom. The molecular formula is C20H33NO. The van der Waals surface area contributed by atoms with Crippen molar-refractivity contribution in [1.29, 1.82) is 0 Å². The predicted octanol–water partition coefficient (Wildman–Crippen LogP) is 4.36. The molecule has 0 aromatic heterocycles. The van der Waals surface area contributed by atoms with Crippen molar-refractivity contribution in [3.63, 3.8) is 0 Å². The molecule has 124 valence electrons. The highest BCUT2D eigenvalue weighted by molar-refractivity contribution is 5.28. The van der Waals surface area contributed by atoms with Gasteiger partial charge in [0.25, 0.3) is 0 Å². The van der Waals surface area contributed by atoms with Gasteiger partial charge in [-0.25, -0.2) is 0 Å². The van der Waals surface area contributed by atoms with E-state index in [1.807, 2.05) is 13.8 Å². The lowest BCUT2D eigenvalue weighted by atomic mass is 9.76. The van der Waals surface area contributed by atoms with Crippen LogP contribution in [0.1, 0.15) is 65.0 Å². The van der Waals surface area contributed by atoms with Crippen LogP contribution in [0.2, 0.25) is 0 Å². The van der Waals surface area contributed by atoms with E-state index < -0.39 is 5.60 Å². The van der Waals surface area contributed by atoms with Crippen molar-refractivity contribution in [2.24, 2.45) is 5.92 Å². The average molecular weight is 303 g/mol. The molecule has 2 heteroatoms. The summed E-state index contributed by atoms with van der Waals surface area (Å²) in [4.78, 5) is 2.57. The maximum Gasteiger partial charge on any atom is 0.0600 e. The third-order valence-corrected chi connectivity index (χ3v) is 4.89. The Morgan fingerprint density at radius 2 is 1.59 bits per heavy atom. The van der Waals surface area contributed by atoms with Gasteiger partial charge < -0.3 is 5.11 Å². The zero-order valence-electron chi connectivity index (χ0n) is 15.0. The van der Waals surface area contributed by atoms with E-state index in [0.717, 1.165) is 18.9 Å². The van der Waals surface area contributed by atoms with Crippen molar-refractivity contribution in [2.75, 3.05) is 13.1 Å². The Bertz CT molecular complexity index is 461. The molecule has 0 saturated carbocycles. The Labute approximate surface area is 136 Å². The molecule has 0 radical (unpaired) electrons. The van der Waals surface area contributed by atoms with Gasteiger partial charge in [0.2, 0.25) is 0 Å². The summed E-state index contributed by atoms with van der Waals surface area (Å²) in [5.41, 5.74) is 2.08. The lowest BCUT2D eigenvalue weighted by molar-refractivity contribution is 0.0501. The molecule has 0 atom stereocenters. The maximum atomic E-state index is 10.1. The standard InChI is InChI=1S/C20H33NO/c1-16-10-12-21(13-11-16)14-17-6-8-18(9-7-17)19(2,3)15-20(4,5)22/h6-9,16,22H,10-15H2,1-5H3. The van der Waals surface area contributed by atoms with E-state index in [2.05, 4.69) is 49.9 Å². The van der Waals surface area contributed by atoms with Gasteiger partial charge in [0, 0.05) is 6.54 Å². The number of piperidine rings is 1. The largest absolute Gasteiger partial charge is 0.390 e. The minimum absolute atomic E-state index is 0.00264. The second kappa shape index (κ2) is 6.72. The van der Waals surface area contributed by atoms with Gasteiger partial charge in [-0.3, -0.25) is 4.90 Å². The first kappa shape index (κ1) is 17.5. The number of hydrogen-bond donors (Lipinski definition) is 1. The van der Waals surface area contributed by atoms with Crippen LogP contribution in [0.4, 0.5) is 0 Å². The van der Waals surface area contributed by atoms with E-state index in [1.165, 1.54) is 37.1 Å². The molecule has 1 aliphatic rings. The lowest BCUT2D eigenvalue weighted by Crippen LogP contribution is -2.32. The molecule has 2 rings (SSSR count). The quantitative estimate of drug-likeness (QED) is 0.874. The van der Waals surface area contributed by atoms with Gasteiger partial charge in [-0.1, -0.05) is 45.0 Å². The van der Waals surface area contributed by atoms with Gasteiger partial charge in [0.15, 0.2) is 0 Å². The Balaban J connectivity index is 1.98. The van der Waals surface area contributed by atoms with Crippen molar-refractivity contribution in [1.82, 2.24) is 4.90 Å². The second-order valence-corrected chi connectivity index (χ2v) is 8.53. The highest BCUT2D eigenvalue weighted by Crippen LogP contribution is 2.32. The molecule has 1 aromatic rings. The minimum Gasteiger partial charge on any atom is -0.390 e. The van der Waals surface area contributed by atoms with Crippen LogP contribution >= 0.6 is 0 Å². The molecule has 0 spiro atoms. The summed E-state index contributed by atoms with van der Waals surface area (Å²) in [6.45, 7) is 14.1. The van der Waals surface area contributed by atoms with Crippen LogP contribution in [-0.4, -0.2) is 28.7 Å². The Hall–Kier alpha value is -0.860. The smallest absolute Gasteiger partial charge is 0.0600 e. The average Bonchev–Trinajstić information content (AvgIpc) is 2.39. The van der Waals surface area contributed by atoms with Gasteiger partial charge in [0.1, 0.15) is 0 Å². The van der Waals surface area contributed by atoms with Crippen LogP contribution in [0.15, 0.2) is 24.3 Å². The topological polar surface area (TPSA) is 23.5 Å². The molecule has 1 saturated heterocycles. The van der Waals surface area contributed by atoms with Gasteiger partial charge in [0.05, 0.1) is 5.60 Å². The number of hydrogen-bond acceptors (Lipinski definition) is 2. The van der Waals surface area contributed by atoms with E-state index in [-0.39, 0.29) is 5.41 Å². The van der Waals surface area contributed by atoms with E-state index in [0.29, 0.717) is 0 Å². The fourth-order valence-electron chi connectivity index (χ4n) is 3.72. The summed E-state index contributed by atoms with van der Waals surface area (Å²) >= 11 is 0. The van der Waals surface area contributed by atoms with Crippen molar-refractivity contribution in [3.05, 3.63) is 35.4 Å². The van der Waals surface area contributed by atoms with Gasteiger partial charge in [-0.05, 0) is 68.7 Å². The van der Waals surface area contributed by atoms with E-state index >= 15 is 0 Å². The Morgan fingerprint density at radius 1 is 1.05 bits per heavy atom. The van der Waals surface area contributed by atoms with Crippen molar-refractivity contribution >= 4 is 0 Å². The normalized spacial score (nSPS) is 18.6. The van der Waals surface area contributed by atoms with Gasteiger partial charge in [-0.15, -0.1) is 0 Å². The number of likely N-dealkylation sites (tertiary alicyclic amines) is 1. The van der Waals surface area contributed by atoms with E-state index in [1.54, 1.807) is 0 Å². The summed E-state index contributed by atoms with van der Waals surface area (Å²) in [6.07, 6.45) is 3.43. The fourth-order valence-corrected chi connectivity index (χ4v) is 3.72. The van der Waals surface area contributed by atoms with Crippen LogP contribution in [-0.2, 0) is 12.0 Å². The molecular weight excluding hydrogens is 270 g/mol. The number of nitrogens with zero attached hydrogens (tertiary/aromatic N) is 1. The maximum absolute atomic E-state index is 10.1.